The number of nitrogens with one attached hydrogen (secondary N) is 1. The number of carboxylic acids is 1. The van der Waals surface area contributed by atoms with Crippen LogP contribution in [0, 0.1) is 17.3 Å². The van der Waals surface area contributed by atoms with Crippen molar-refractivity contribution < 1.29 is 19.8 Å². The Balaban J connectivity index is 2.29. The molecule has 0 heterocycles. The third-order valence-corrected chi connectivity index (χ3v) is 2.97. The lowest BCUT2D eigenvalue weighted by molar-refractivity contribution is -0.140. The van der Waals surface area contributed by atoms with Gasteiger partial charge in [0.25, 0.3) is 0 Å². The zero-order valence-corrected chi connectivity index (χ0v) is 9.69. The molecule has 1 amide bonds. The van der Waals surface area contributed by atoms with Crippen molar-refractivity contribution in [2.45, 2.75) is 26.7 Å². The normalized spacial score (nSPS) is 23.9. The van der Waals surface area contributed by atoms with Crippen LogP contribution >= 0.6 is 0 Å². The number of carboxylic acid groups (broad SMARTS) is 1. The number of hydrogen-bond acceptors (Lipinski definition) is 3. The highest BCUT2D eigenvalue weighted by Gasteiger charge is 2.48. The lowest BCUT2D eigenvalue weighted by atomic mass is 9.90. The molecule has 92 valence electrons. The van der Waals surface area contributed by atoms with E-state index in [1.807, 2.05) is 13.8 Å². The maximum absolute atomic E-state index is 11.5. The lowest BCUT2D eigenvalue weighted by Gasteiger charge is -2.23. The molecule has 1 aliphatic carbocycles. The molecule has 1 fully saturated rings. The highest BCUT2D eigenvalue weighted by atomic mass is 16.4. The van der Waals surface area contributed by atoms with E-state index in [0.717, 1.165) is 0 Å². The molecule has 0 spiro atoms. The van der Waals surface area contributed by atoms with Crippen LogP contribution in [0.25, 0.3) is 0 Å². The quantitative estimate of drug-likeness (QED) is 0.608. The first-order valence-electron chi connectivity index (χ1n) is 5.49. The molecule has 0 radical (unpaired) electrons. The number of aliphatic carboxylic acids is 1. The third kappa shape index (κ3) is 3.48. The standard InChI is InChI=1S/C11H19NO4/c1-11(2,3-4-13)6-12-9(14)7-5-8(7)10(15)16/h7-8,13H,3-6H2,1-2H3,(H,12,14)(H,15,16)/t7-,8+/m1/s1. The van der Waals surface area contributed by atoms with Crippen molar-refractivity contribution in [1.29, 1.82) is 0 Å². The summed E-state index contributed by atoms with van der Waals surface area (Å²) >= 11 is 0. The number of aliphatic hydroxyl groups is 1. The predicted octanol–water partition coefficient (Wildman–Crippen LogP) is 0.232. The van der Waals surface area contributed by atoms with Gasteiger partial charge in [-0.3, -0.25) is 9.59 Å². The van der Waals surface area contributed by atoms with Crippen LogP contribution in [-0.4, -0.2) is 35.2 Å². The van der Waals surface area contributed by atoms with Crippen LogP contribution < -0.4 is 5.32 Å². The van der Waals surface area contributed by atoms with E-state index >= 15 is 0 Å². The molecule has 3 N–H and O–H groups in total. The van der Waals surface area contributed by atoms with Gasteiger partial charge in [0.1, 0.15) is 0 Å². The molecule has 0 bridgehead atoms. The summed E-state index contributed by atoms with van der Waals surface area (Å²) in [6.45, 7) is 4.45. The Kier molecular flexibility index (Phi) is 3.91. The molecule has 2 atom stereocenters. The van der Waals surface area contributed by atoms with E-state index in [1.165, 1.54) is 0 Å². The molecule has 5 nitrogen and oxygen atoms in total. The van der Waals surface area contributed by atoms with Crippen LogP contribution in [0.3, 0.4) is 0 Å². The molecule has 16 heavy (non-hydrogen) atoms. The minimum absolute atomic E-state index is 0.0874. The van der Waals surface area contributed by atoms with Crippen LogP contribution in [0.1, 0.15) is 26.7 Å². The summed E-state index contributed by atoms with van der Waals surface area (Å²) in [7, 11) is 0. The number of carbonyl (C=O) groups is 2. The number of aliphatic hydroxyl groups excluding tert-OH is 1. The Hall–Kier alpha value is -1.10. The molecule has 0 unspecified atom stereocenters. The Labute approximate surface area is 94.8 Å². The average molecular weight is 229 g/mol. The SMILES string of the molecule is CC(C)(CCO)CNC(=O)[C@@H]1C[C@@H]1C(=O)O. The highest BCUT2D eigenvalue weighted by molar-refractivity contribution is 5.89. The summed E-state index contributed by atoms with van der Waals surface area (Å²) in [5.41, 5.74) is -0.155. The highest BCUT2D eigenvalue weighted by Crippen LogP contribution is 2.38. The van der Waals surface area contributed by atoms with E-state index in [4.69, 9.17) is 10.2 Å². The second kappa shape index (κ2) is 4.82. The van der Waals surface area contributed by atoms with Crippen molar-refractivity contribution in [2.24, 2.45) is 17.3 Å². The van der Waals surface area contributed by atoms with Gasteiger partial charge in [-0.15, -0.1) is 0 Å². The second-order valence-corrected chi connectivity index (χ2v) is 5.14. The molecule has 0 aromatic rings. The minimum Gasteiger partial charge on any atom is -0.481 e. The first-order chi connectivity index (χ1) is 7.37. The van der Waals surface area contributed by atoms with Crippen LogP contribution in [0.4, 0.5) is 0 Å². The van der Waals surface area contributed by atoms with E-state index in [9.17, 15) is 9.59 Å². The smallest absolute Gasteiger partial charge is 0.307 e. The summed E-state index contributed by atoms with van der Waals surface area (Å²) in [4.78, 5) is 22.1. The van der Waals surface area contributed by atoms with Gasteiger partial charge >= 0.3 is 5.97 Å². The topological polar surface area (TPSA) is 86.6 Å². The first kappa shape index (κ1) is 13.0. The number of rotatable bonds is 6. The average Bonchev–Trinajstić information content (AvgIpc) is 2.93. The van der Waals surface area contributed by atoms with Crippen LogP contribution in [0.5, 0.6) is 0 Å². The van der Waals surface area contributed by atoms with E-state index in [0.29, 0.717) is 19.4 Å². The zero-order chi connectivity index (χ0) is 12.3. The fourth-order valence-corrected chi connectivity index (χ4v) is 1.61. The van der Waals surface area contributed by atoms with E-state index in [-0.39, 0.29) is 23.8 Å². The van der Waals surface area contributed by atoms with Gasteiger partial charge < -0.3 is 15.5 Å². The van der Waals surface area contributed by atoms with Crippen molar-refractivity contribution >= 4 is 11.9 Å². The van der Waals surface area contributed by atoms with E-state index in [1.54, 1.807) is 0 Å². The summed E-state index contributed by atoms with van der Waals surface area (Å²) in [6.07, 6.45) is 1.06. The zero-order valence-electron chi connectivity index (χ0n) is 9.69. The first-order valence-corrected chi connectivity index (χ1v) is 5.49. The van der Waals surface area contributed by atoms with Gasteiger partial charge in [0, 0.05) is 13.2 Å². The van der Waals surface area contributed by atoms with Gasteiger partial charge in [0.05, 0.1) is 11.8 Å². The van der Waals surface area contributed by atoms with Crippen LogP contribution in [0.2, 0.25) is 0 Å². The van der Waals surface area contributed by atoms with Crippen molar-refractivity contribution in [1.82, 2.24) is 5.32 Å². The summed E-state index contributed by atoms with van der Waals surface area (Å²) in [6, 6.07) is 0. The Morgan fingerprint density at radius 3 is 2.44 bits per heavy atom. The summed E-state index contributed by atoms with van der Waals surface area (Å²) < 4.78 is 0. The largest absolute Gasteiger partial charge is 0.481 e. The maximum Gasteiger partial charge on any atom is 0.307 e. The Morgan fingerprint density at radius 2 is 2.00 bits per heavy atom. The van der Waals surface area contributed by atoms with Gasteiger partial charge in [0.2, 0.25) is 5.91 Å². The van der Waals surface area contributed by atoms with Gasteiger partial charge in [0.15, 0.2) is 0 Å². The van der Waals surface area contributed by atoms with E-state index < -0.39 is 11.9 Å². The van der Waals surface area contributed by atoms with Gasteiger partial charge in [-0.05, 0) is 18.3 Å². The predicted molar refractivity (Wildman–Crippen MR) is 57.7 cm³/mol. The Morgan fingerprint density at radius 1 is 1.38 bits per heavy atom. The molecule has 1 aliphatic rings. The monoisotopic (exact) mass is 229 g/mol. The van der Waals surface area contributed by atoms with Crippen molar-refractivity contribution in [3.05, 3.63) is 0 Å². The van der Waals surface area contributed by atoms with Gasteiger partial charge in [-0.1, -0.05) is 13.8 Å². The van der Waals surface area contributed by atoms with Crippen molar-refractivity contribution in [3.63, 3.8) is 0 Å². The molecule has 0 aromatic heterocycles. The lowest BCUT2D eigenvalue weighted by Crippen LogP contribution is -2.35. The van der Waals surface area contributed by atoms with Crippen LogP contribution in [0.15, 0.2) is 0 Å². The number of carbonyl (C=O) groups excluding carboxylic acids is 1. The molecule has 0 aliphatic heterocycles. The fourth-order valence-electron chi connectivity index (χ4n) is 1.61. The maximum atomic E-state index is 11.5. The van der Waals surface area contributed by atoms with E-state index in [2.05, 4.69) is 5.32 Å². The van der Waals surface area contributed by atoms with Crippen LogP contribution in [-0.2, 0) is 9.59 Å². The third-order valence-electron chi connectivity index (χ3n) is 2.97. The van der Waals surface area contributed by atoms with Crippen molar-refractivity contribution in [2.75, 3.05) is 13.2 Å². The van der Waals surface area contributed by atoms with Gasteiger partial charge in [-0.25, -0.2) is 0 Å². The fraction of sp³-hybridized carbons (Fsp3) is 0.818. The molecule has 0 saturated heterocycles. The van der Waals surface area contributed by atoms with Gasteiger partial charge in [-0.2, -0.15) is 0 Å². The molecule has 5 heteroatoms. The minimum atomic E-state index is -0.894. The van der Waals surface area contributed by atoms with Crippen molar-refractivity contribution in [3.8, 4) is 0 Å². The molecule has 1 rings (SSSR count). The number of hydrogen-bond donors (Lipinski definition) is 3. The molecular formula is C11H19NO4. The summed E-state index contributed by atoms with van der Waals surface area (Å²) in [5, 5.41) is 20.2. The molecule has 0 aromatic carbocycles. The number of amides is 1. The second-order valence-electron chi connectivity index (χ2n) is 5.14. The summed E-state index contributed by atoms with van der Waals surface area (Å²) in [5.74, 6) is -1.93. The Bertz CT molecular complexity index is 288. The molecule has 1 saturated carbocycles. The molecular weight excluding hydrogens is 210 g/mol.